The highest BCUT2D eigenvalue weighted by atomic mass is 16.4. The van der Waals surface area contributed by atoms with Crippen LogP contribution in [0.4, 0.5) is 5.82 Å². The van der Waals surface area contributed by atoms with E-state index >= 15 is 0 Å². The molecule has 2 aliphatic rings. The average molecular weight is 233 g/mol. The third-order valence-corrected chi connectivity index (χ3v) is 3.96. The fourth-order valence-electron chi connectivity index (χ4n) is 2.58. The number of anilines is 1. The van der Waals surface area contributed by atoms with Gasteiger partial charge >= 0.3 is 5.97 Å². The van der Waals surface area contributed by atoms with E-state index in [-0.39, 0.29) is 5.69 Å². The molecule has 3 rings (SSSR count). The summed E-state index contributed by atoms with van der Waals surface area (Å²) in [7, 11) is 0. The topological polar surface area (TPSA) is 66.3 Å². The summed E-state index contributed by atoms with van der Waals surface area (Å²) in [4.78, 5) is 21.2. The van der Waals surface area contributed by atoms with E-state index in [2.05, 4.69) is 14.9 Å². The third-order valence-electron chi connectivity index (χ3n) is 3.96. The molecule has 1 aromatic heterocycles. The van der Waals surface area contributed by atoms with Gasteiger partial charge in [0, 0.05) is 25.5 Å². The molecule has 5 heteroatoms. The Labute approximate surface area is 99.5 Å². The first-order valence-electron chi connectivity index (χ1n) is 5.99. The van der Waals surface area contributed by atoms with Crippen LogP contribution < -0.4 is 4.90 Å². The Kier molecular flexibility index (Phi) is 2.28. The first-order valence-corrected chi connectivity index (χ1v) is 5.99. The normalized spacial score (nSPS) is 21.5. The maximum atomic E-state index is 11.1. The average Bonchev–Trinajstić information content (AvgIpc) is 3.10. The van der Waals surface area contributed by atoms with Gasteiger partial charge in [-0.3, -0.25) is 0 Å². The molecular formula is C12H15N3O2. The Morgan fingerprint density at radius 1 is 1.18 bits per heavy atom. The summed E-state index contributed by atoms with van der Waals surface area (Å²) in [6.07, 6.45) is 7.98. The molecule has 17 heavy (non-hydrogen) atoms. The first-order chi connectivity index (χ1) is 8.20. The van der Waals surface area contributed by atoms with E-state index in [1.54, 1.807) is 6.20 Å². The SMILES string of the molecule is O=C(O)c1nccnc1N1CCC2(CC1)CC2. The van der Waals surface area contributed by atoms with Gasteiger partial charge in [-0.05, 0) is 31.1 Å². The minimum absolute atomic E-state index is 0.0687. The lowest BCUT2D eigenvalue weighted by molar-refractivity contribution is 0.0690. The molecule has 1 aliphatic heterocycles. The van der Waals surface area contributed by atoms with Crippen LogP contribution in [0.3, 0.4) is 0 Å². The Morgan fingerprint density at radius 3 is 2.41 bits per heavy atom. The van der Waals surface area contributed by atoms with Crippen LogP contribution in [0.25, 0.3) is 0 Å². The van der Waals surface area contributed by atoms with Gasteiger partial charge in [0.25, 0.3) is 0 Å². The van der Waals surface area contributed by atoms with Crippen molar-refractivity contribution in [1.82, 2.24) is 9.97 Å². The van der Waals surface area contributed by atoms with E-state index in [0.717, 1.165) is 25.9 Å². The lowest BCUT2D eigenvalue weighted by Gasteiger charge is -2.33. The van der Waals surface area contributed by atoms with E-state index in [0.29, 0.717) is 11.2 Å². The second-order valence-corrected chi connectivity index (χ2v) is 5.02. The van der Waals surface area contributed by atoms with Crippen molar-refractivity contribution in [3.63, 3.8) is 0 Å². The van der Waals surface area contributed by atoms with Crippen LogP contribution >= 0.6 is 0 Å². The van der Waals surface area contributed by atoms with Crippen LogP contribution in [0.15, 0.2) is 12.4 Å². The van der Waals surface area contributed by atoms with Gasteiger partial charge in [-0.1, -0.05) is 0 Å². The zero-order valence-corrected chi connectivity index (χ0v) is 9.59. The molecule has 0 radical (unpaired) electrons. The molecule has 1 spiro atoms. The summed E-state index contributed by atoms with van der Waals surface area (Å²) in [5.74, 6) is -0.477. The highest BCUT2D eigenvalue weighted by Gasteiger charge is 2.44. The van der Waals surface area contributed by atoms with E-state index in [1.807, 2.05) is 0 Å². The van der Waals surface area contributed by atoms with Gasteiger partial charge < -0.3 is 10.0 Å². The molecule has 0 bridgehead atoms. The number of piperidine rings is 1. The molecule has 2 fully saturated rings. The zero-order chi connectivity index (χ0) is 11.9. The second kappa shape index (κ2) is 3.68. The summed E-state index contributed by atoms with van der Waals surface area (Å²) >= 11 is 0. The predicted octanol–water partition coefficient (Wildman–Crippen LogP) is 1.56. The van der Waals surface area contributed by atoms with Crippen LogP contribution in [0.1, 0.15) is 36.2 Å². The quantitative estimate of drug-likeness (QED) is 0.839. The van der Waals surface area contributed by atoms with Crippen LogP contribution in [-0.2, 0) is 0 Å². The molecule has 1 N–H and O–H groups in total. The number of carboxylic acid groups (broad SMARTS) is 1. The maximum absolute atomic E-state index is 11.1. The van der Waals surface area contributed by atoms with E-state index in [4.69, 9.17) is 5.11 Å². The number of nitrogens with zero attached hydrogens (tertiary/aromatic N) is 3. The molecule has 0 aromatic carbocycles. The van der Waals surface area contributed by atoms with Gasteiger partial charge in [-0.25, -0.2) is 14.8 Å². The summed E-state index contributed by atoms with van der Waals surface area (Å²) in [5, 5.41) is 9.08. The van der Waals surface area contributed by atoms with Gasteiger partial charge in [0.15, 0.2) is 11.5 Å². The molecule has 5 nitrogen and oxygen atoms in total. The smallest absolute Gasteiger partial charge is 0.358 e. The van der Waals surface area contributed by atoms with E-state index in [1.165, 1.54) is 19.0 Å². The lowest BCUT2D eigenvalue weighted by atomic mass is 9.94. The van der Waals surface area contributed by atoms with Crippen molar-refractivity contribution in [2.45, 2.75) is 25.7 Å². The van der Waals surface area contributed by atoms with Crippen LogP contribution in [0, 0.1) is 5.41 Å². The molecule has 1 saturated heterocycles. The molecule has 0 amide bonds. The van der Waals surface area contributed by atoms with Crippen molar-refractivity contribution < 1.29 is 9.90 Å². The number of carboxylic acids is 1. The van der Waals surface area contributed by atoms with Gasteiger partial charge in [-0.15, -0.1) is 0 Å². The fraction of sp³-hybridized carbons (Fsp3) is 0.583. The molecule has 1 aromatic rings. The van der Waals surface area contributed by atoms with E-state index < -0.39 is 5.97 Å². The Morgan fingerprint density at radius 2 is 1.82 bits per heavy atom. The largest absolute Gasteiger partial charge is 0.476 e. The summed E-state index contributed by atoms with van der Waals surface area (Å²) in [6.45, 7) is 1.80. The zero-order valence-electron chi connectivity index (χ0n) is 9.59. The lowest BCUT2D eigenvalue weighted by Crippen LogP contribution is -2.36. The minimum Gasteiger partial charge on any atom is -0.476 e. The number of aromatic carboxylic acids is 1. The summed E-state index contributed by atoms with van der Waals surface area (Å²) in [6, 6.07) is 0. The predicted molar refractivity (Wildman–Crippen MR) is 62.1 cm³/mol. The van der Waals surface area contributed by atoms with Crippen molar-refractivity contribution in [3.05, 3.63) is 18.1 Å². The summed E-state index contributed by atoms with van der Waals surface area (Å²) in [5.41, 5.74) is 0.654. The monoisotopic (exact) mass is 233 g/mol. The fourth-order valence-corrected chi connectivity index (χ4v) is 2.58. The maximum Gasteiger partial charge on any atom is 0.358 e. The van der Waals surface area contributed by atoms with Crippen molar-refractivity contribution in [1.29, 1.82) is 0 Å². The second-order valence-electron chi connectivity index (χ2n) is 5.02. The summed E-state index contributed by atoms with van der Waals surface area (Å²) < 4.78 is 0. The number of rotatable bonds is 2. The van der Waals surface area contributed by atoms with Crippen molar-refractivity contribution >= 4 is 11.8 Å². The Hall–Kier alpha value is -1.65. The highest BCUT2D eigenvalue weighted by molar-refractivity contribution is 5.90. The van der Waals surface area contributed by atoms with Gasteiger partial charge in [-0.2, -0.15) is 0 Å². The molecule has 90 valence electrons. The van der Waals surface area contributed by atoms with Crippen molar-refractivity contribution in [2.75, 3.05) is 18.0 Å². The molecular weight excluding hydrogens is 218 g/mol. The number of aromatic nitrogens is 2. The van der Waals surface area contributed by atoms with Crippen LogP contribution in [-0.4, -0.2) is 34.1 Å². The van der Waals surface area contributed by atoms with Crippen LogP contribution in [0.5, 0.6) is 0 Å². The molecule has 1 saturated carbocycles. The van der Waals surface area contributed by atoms with Crippen LogP contribution in [0.2, 0.25) is 0 Å². The van der Waals surface area contributed by atoms with Gasteiger partial charge in [0.1, 0.15) is 0 Å². The van der Waals surface area contributed by atoms with E-state index in [9.17, 15) is 4.79 Å². The van der Waals surface area contributed by atoms with Crippen molar-refractivity contribution in [3.8, 4) is 0 Å². The number of hydrogen-bond donors (Lipinski definition) is 1. The highest BCUT2D eigenvalue weighted by Crippen LogP contribution is 2.53. The molecule has 0 unspecified atom stereocenters. The minimum atomic E-state index is -1.00. The van der Waals surface area contributed by atoms with Crippen molar-refractivity contribution in [2.24, 2.45) is 5.41 Å². The third kappa shape index (κ3) is 1.85. The molecule has 0 atom stereocenters. The number of carbonyl (C=O) groups is 1. The standard InChI is InChI=1S/C12H15N3O2/c16-11(17)9-10(14-6-5-13-9)15-7-3-12(1-2-12)4-8-15/h5-6H,1-4,7-8H2,(H,16,17). The molecule has 1 aliphatic carbocycles. The first kappa shape index (κ1) is 10.5. The Balaban J connectivity index is 1.82. The van der Waals surface area contributed by atoms with Gasteiger partial charge in [0.2, 0.25) is 0 Å². The van der Waals surface area contributed by atoms with Gasteiger partial charge in [0.05, 0.1) is 0 Å². The number of hydrogen-bond acceptors (Lipinski definition) is 4. The Bertz CT molecular complexity index is 447. The molecule has 2 heterocycles.